The molecule has 1 heterocycles. The Hall–Kier alpha value is -3.41. The zero-order valence-electron chi connectivity index (χ0n) is 13.9. The number of fused-ring (bicyclic) bond motifs is 1. The molecule has 134 valence electrons. The van der Waals surface area contributed by atoms with Crippen LogP contribution in [0.3, 0.4) is 0 Å². The summed E-state index contributed by atoms with van der Waals surface area (Å²) in [5.74, 6) is 0.0709. The fourth-order valence-corrected chi connectivity index (χ4v) is 2.98. The van der Waals surface area contributed by atoms with Crippen LogP contribution in [0.1, 0.15) is 21.5 Å². The topological polar surface area (TPSA) is 32.7 Å². The van der Waals surface area contributed by atoms with E-state index in [4.69, 9.17) is 0 Å². The Morgan fingerprint density at radius 1 is 0.741 bits per heavy atom. The summed E-state index contributed by atoms with van der Waals surface area (Å²) < 4.78 is 38.5. The number of hydrogen-bond acceptors (Lipinski definition) is 2. The third-order valence-electron chi connectivity index (χ3n) is 4.26. The van der Waals surface area contributed by atoms with Gasteiger partial charge in [0.2, 0.25) is 0 Å². The summed E-state index contributed by atoms with van der Waals surface area (Å²) >= 11 is 0. The Balaban J connectivity index is 1.83. The van der Waals surface area contributed by atoms with Crippen molar-refractivity contribution in [3.05, 3.63) is 95.6 Å². The highest BCUT2D eigenvalue weighted by Gasteiger charge is 2.36. The maximum atomic E-state index is 12.9. The van der Waals surface area contributed by atoms with Crippen molar-refractivity contribution in [3.8, 4) is 0 Å². The number of anilines is 1. The second-order valence-corrected chi connectivity index (χ2v) is 6.00. The van der Waals surface area contributed by atoms with E-state index in [-0.39, 0.29) is 5.91 Å². The smallest absolute Gasteiger partial charge is 0.268 e. The van der Waals surface area contributed by atoms with Gasteiger partial charge in [0.25, 0.3) is 5.91 Å². The van der Waals surface area contributed by atoms with Gasteiger partial charge in [0.15, 0.2) is 0 Å². The van der Waals surface area contributed by atoms with Crippen molar-refractivity contribution in [1.29, 1.82) is 0 Å². The van der Waals surface area contributed by atoms with Crippen molar-refractivity contribution >= 4 is 23.1 Å². The monoisotopic (exact) mass is 366 g/mol. The number of carbonyl (C=O) groups is 1. The summed E-state index contributed by atoms with van der Waals surface area (Å²) in [4.78, 5) is 18.8. The lowest BCUT2D eigenvalue weighted by Gasteiger charge is -2.18. The van der Waals surface area contributed by atoms with E-state index >= 15 is 0 Å². The van der Waals surface area contributed by atoms with E-state index in [2.05, 4.69) is 4.99 Å². The van der Waals surface area contributed by atoms with E-state index < -0.39 is 11.7 Å². The van der Waals surface area contributed by atoms with Crippen molar-refractivity contribution in [2.24, 2.45) is 4.99 Å². The van der Waals surface area contributed by atoms with Crippen LogP contribution < -0.4 is 4.90 Å². The first-order valence-electron chi connectivity index (χ1n) is 8.20. The summed E-state index contributed by atoms with van der Waals surface area (Å²) in [5.41, 5.74) is 1.32. The molecule has 0 atom stereocenters. The number of rotatable bonds is 2. The summed E-state index contributed by atoms with van der Waals surface area (Å²) in [6.45, 7) is 0. The van der Waals surface area contributed by atoms with E-state index in [1.807, 2.05) is 18.2 Å². The van der Waals surface area contributed by atoms with Gasteiger partial charge >= 0.3 is 6.18 Å². The summed E-state index contributed by atoms with van der Waals surface area (Å²) in [6.07, 6.45) is -4.43. The molecule has 0 aliphatic carbocycles. The zero-order chi connectivity index (χ0) is 19.0. The van der Waals surface area contributed by atoms with Crippen LogP contribution in [0.25, 0.3) is 0 Å². The van der Waals surface area contributed by atoms with Gasteiger partial charge in [0, 0.05) is 5.56 Å². The van der Waals surface area contributed by atoms with Crippen LogP contribution in [0, 0.1) is 0 Å². The molecule has 1 amide bonds. The first-order valence-corrected chi connectivity index (χ1v) is 8.20. The van der Waals surface area contributed by atoms with E-state index in [1.54, 1.807) is 36.4 Å². The molecule has 0 N–H and O–H groups in total. The number of benzene rings is 3. The summed E-state index contributed by atoms with van der Waals surface area (Å²) in [6, 6.07) is 20.6. The van der Waals surface area contributed by atoms with Gasteiger partial charge in [-0.15, -0.1) is 0 Å². The SMILES string of the molecule is O=C1c2ccccc2C(=Nc2ccccc2)N1c1ccc(C(F)(F)F)cc1. The number of aliphatic imine (C=N–C) groups is 1. The maximum Gasteiger partial charge on any atom is 0.416 e. The summed E-state index contributed by atoms with van der Waals surface area (Å²) in [5, 5.41) is 0. The van der Waals surface area contributed by atoms with Crippen LogP contribution in [0.15, 0.2) is 83.9 Å². The average Bonchev–Trinajstić information content (AvgIpc) is 2.94. The van der Waals surface area contributed by atoms with Crippen molar-refractivity contribution in [2.75, 3.05) is 4.90 Å². The van der Waals surface area contributed by atoms with E-state index in [1.165, 1.54) is 17.0 Å². The molecule has 0 saturated heterocycles. The molecule has 1 aliphatic rings. The molecule has 0 fully saturated rings. The lowest BCUT2D eigenvalue weighted by atomic mass is 10.1. The van der Waals surface area contributed by atoms with Crippen molar-refractivity contribution < 1.29 is 18.0 Å². The Bertz CT molecular complexity index is 1030. The second-order valence-electron chi connectivity index (χ2n) is 6.00. The number of amidine groups is 1. The molecule has 0 radical (unpaired) electrons. The Labute approximate surface area is 153 Å². The Morgan fingerprint density at radius 2 is 1.33 bits per heavy atom. The molecule has 0 bridgehead atoms. The lowest BCUT2D eigenvalue weighted by Crippen LogP contribution is -2.30. The van der Waals surface area contributed by atoms with Gasteiger partial charge < -0.3 is 0 Å². The van der Waals surface area contributed by atoms with Crippen LogP contribution in [-0.4, -0.2) is 11.7 Å². The zero-order valence-corrected chi connectivity index (χ0v) is 13.9. The van der Waals surface area contributed by atoms with Crippen molar-refractivity contribution in [2.45, 2.75) is 6.18 Å². The molecule has 6 heteroatoms. The van der Waals surface area contributed by atoms with Crippen molar-refractivity contribution in [1.82, 2.24) is 0 Å². The van der Waals surface area contributed by atoms with Gasteiger partial charge in [-0.25, -0.2) is 4.99 Å². The van der Waals surface area contributed by atoms with Gasteiger partial charge in [-0.05, 0) is 42.5 Å². The minimum absolute atomic E-state index is 0.319. The van der Waals surface area contributed by atoms with Gasteiger partial charge in [0.05, 0.1) is 22.5 Å². The molecule has 0 spiro atoms. The highest BCUT2D eigenvalue weighted by atomic mass is 19.4. The van der Waals surface area contributed by atoms with Gasteiger partial charge in [-0.2, -0.15) is 13.2 Å². The number of nitrogens with zero attached hydrogens (tertiary/aromatic N) is 2. The molecule has 3 aromatic rings. The first-order chi connectivity index (χ1) is 12.9. The molecule has 0 saturated carbocycles. The second kappa shape index (κ2) is 6.39. The van der Waals surface area contributed by atoms with E-state index in [0.717, 1.165) is 12.1 Å². The van der Waals surface area contributed by atoms with Crippen LogP contribution >= 0.6 is 0 Å². The number of alkyl halides is 3. The number of amides is 1. The molecule has 27 heavy (non-hydrogen) atoms. The first kappa shape index (κ1) is 17.0. The average molecular weight is 366 g/mol. The number of carbonyl (C=O) groups excluding carboxylic acids is 1. The molecular weight excluding hydrogens is 353 g/mol. The quantitative estimate of drug-likeness (QED) is 0.594. The summed E-state index contributed by atoms with van der Waals surface area (Å²) in [7, 11) is 0. The molecule has 3 aromatic carbocycles. The third kappa shape index (κ3) is 3.10. The normalized spacial score (nSPS) is 15.3. The fraction of sp³-hybridized carbons (Fsp3) is 0.0476. The standard InChI is InChI=1S/C21H13F3N2O/c22-21(23,24)14-10-12-16(13-11-14)26-19(25-15-6-2-1-3-7-15)17-8-4-5-9-18(17)20(26)27/h1-13H. The van der Waals surface area contributed by atoms with E-state index in [9.17, 15) is 18.0 Å². The molecule has 0 unspecified atom stereocenters. The predicted molar refractivity (Wildman–Crippen MR) is 97.3 cm³/mol. The Morgan fingerprint density at radius 3 is 1.96 bits per heavy atom. The number of halogens is 3. The predicted octanol–water partition coefficient (Wildman–Crippen LogP) is 5.44. The minimum atomic E-state index is -4.43. The maximum absolute atomic E-state index is 12.9. The molecule has 4 rings (SSSR count). The van der Waals surface area contributed by atoms with Gasteiger partial charge in [-0.3, -0.25) is 9.69 Å². The molecular formula is C21H13F3N2O. The van der Waals surface area contributed by atoms with Gasteiger partial charge in [-0.1, -0.05) is 36.4 Å². The molecule has 3 nitrogen and oxygen atoms in total. The minimum Gasteiger partial charge on any atom is -0.268 e. The van der Waals surface area contributed by atoms with E-state index in [0.29, 0.717) is 28.3 Å². The lowest BCUT2D eigenvalue weighted by molar-refractivity contribution is -0.137. The van der Waals surface area contributed by atoms with Gasteiger partial charge in [0.1, 0.15) is 5.84 Å². The number of hydrogen-bond donors (Lipinski definition) is 0. The highest BCUT2D eigenvalue weighted by Crippen LogP contribution is 2.34. The highest BCUT2D eigenvalue weighted by molar-refractivity contribution is 6.36. The Kier molecular flexibility index (Phi) is 4.03. The third-order valence-corrected chi connectivity index (χ3v) is 4.26. The largest absolute Gasteiger partial charge is 0.416 e. The van der Waals surface area contributed by atoms with Crippen LogP contribution in [0.4, 0.5) is 24.5 Å². The number of para-hydroxylation sites is 1. The van der Waals surface area contributed by atoms with Crippen LogP contribution in [0.5, 0.6) is 0 Å². The molecule has 0 aromatic heterocycles. The van der Waals surface area contributed by atoms with Crippen LogP contribution in [0.2, 0.25) is 0 Å². The fourth-order valence-electron chi connectivity index (χ4n) is 2.98. The van der Waals surface area contributed by atoms with Crippen LogP contribution in [-0.2, 0) is 6.18 Å². The molecule has 1 aliphatic heterocycles. The van der Waals surface area contributed by atoms with Crippen molar-refractivity contribution in [3.63, 3.8) is 0 Å².